The summed E-state index contributed by atoms with van der Waals surface area (Å²) < 4.78 is 39.5. The van der Waals surface area contributed by atoms with Crippen molar-refractivity contribution in [1.82, 2.24) is 25.2 Å². The fourth-order valence-electron chi connectivity index (χ4n) is 6.67. The molecule has 4 N–H and O–H groups in total. The SMILES string of the molecule is C=CC1CC1(NC(=O)C1CC(Oc2cc(-c3ccccc3)nc3cc(OC)ccc23)CN1C(=O)C(NC(=O)O)C(C)(C)C)C(=O)NS(=O)(=O)C1CC1. The minimum Gasteiger partial charge on any atom is -0.497 e. The van der Waals surface area contributed by atoms with E-state index in [1.807, 2.05) is 30.3 Å². The van der Waals surface area contributed by atoms with Gasteiger partial charge in [0.1, 0.15) is 35.2 Å². The number of nitrogens with one attached hydrogen (secondary N) is 3. The smallest absolute Gasteiger partial charge is 0.405 e. The quantitative estimate of drug-likeness (QED) is 0.200. The molecule has 3 aromatic rings. The fraction of sp³-hybridized carbons (Fsp3) is 0.432. The van der Waals surface area contributed by atoms with Gasteiger partial charge in [-0.1, -0.05) is 57.2 Å². The Morgan fingerprint density at radius 1 is 1.10 bits per heavy atom. The lowest BCUT2D eigenvalue weighted by molar-refractivity contribution is -0.142. The number of amides is 4. The summed E-state index contributed by atoms with van der Waals surface area (Å²) in [7, 11) is -2.36. The molecule has 0 radical (unpaired) electrons. The van der Waals surface area contributed by atoms with Gasteiger partial charge in [0.25, 0.3) is 5.91 Å². The van der Waals surface area contributed by atoms with Gasteiger partial charge in [0.15, 0.2) is 0 Å². The molecule has 5 unspecified atom stereocenters. The summed E-state index contributed by atoms with van der Waals surface area (Å²) in [5.41, 5.74) is -0.426. The number of benzene rings is 2. The number of hydrogen-bond acceptors (Lipinski definition) is 9. The predicted molar refractivity (Wildman–Crippen MR) is 192 cm³/mol. The van der Waals surface area contributed by atoms with Crippen LogP contribution in [0.4, 0.5) is 4.79 Å². The first-order chi connectivity index (χ1) is 24.6. The van der Waals surface area contributed by atoms with Crippen molar-refractivity contribution in [2.75, 3.05) is 13.7 Å². The molecule has 0 spiro atoms. The number of rotatable bonds is 12. The highest BCUT2D eigenvalue weighted by Crippen LogP contribution is 2.46. The van der Waals surface area contributed by atoms with E-state index in [0.717, 1.165) is 5.56 Å². The van der Waals surface area contributed by atoms with Crippen molar-refractivity contribution in [3.05, 3.63) is 67.3 Å². The summed E-state index contributed by atoms with van der Waals surface area (Å²) in [6.45, 7) is 8.76. The van der Waals surface area contributed by atoms with Gasteiger partial charge in [0.2, 0.25) is 21.8 Å². The number of pyridine rings is 1. The van der Waals surface area contributed by atoms with Crippen LogP contribution in [0.3, 0.4) is 0 Å². The number of likely N-dealkylation sites (tertiary alicyclic amines) is 1. The van der Waals surface area contributed by atoms with Gasteiger partial charge in [-0.05, 0) is 36.8 Å². The van der Waals surface area contributed by atoms with Crippen LogP contribution in [-0.4, -0.2) is 89.9 Å². The molecule has 1 aliphatic heterocycles. The predicted octanol–water partition coefficient (Wildman–Crippen LogP) is 3.61. The highest BCUT2D eigenvalue weighted by atomic mass is 32.2. The zero-order chi connectivity index (χ0) is 37.6. The molecular weight excluding hydrogens is 691 g/mol. The summed E-state index contributed by atoms with van der Waals surface area (Å²) in [5, 5.41) is 14.7. The minimum atomic E-state index is -3.92. The molecular formula is C37H43N5O9S. The number of carbonyl (C=O) groups is 4. The van der Waals surface area contributed by atoms with E-state index in [-0.39, 0.29) is 19.4 Å². The van der Waals surface area contributed by atoms with Crippen LogP contribution in [0.5, 0.6) is 11.5 Å². The second-order valence-corrected chi connectivity index (χ2v) is 16.6. The Hall–Kier alpha value is -5.18. The fourth-order valence-corrected chi connectivity index (χ4v) is 8.03. The van der Waals surface area contributed by atoms with Crippen molar-refractivity contribution in [3.63, 3.8) is 0 Å². The van der Waals surface area contributed by atoms with Crippen LogP contribution in [0, 0.1) is 11.3 Å². The van der Waals surface area contributed by atoms with Crippen LogP contribution in [0.25, 0.3) is 22.2 Å². The van der Waals surface area contributed by atoms with Gasteiger partial charge in [-0.2, -0.15) is 0 Å². The number of fused-ring (bicyclic) bond motifs is 1. The van der Waals surface area contributed by atoms with Crippen LogP contribution < -0.4 is 24.8 Å². The van der Waals surface area contributed by atoms with Gasteiger partial charge in [-0.15, -0.1) is 6.58 Å². The van der Waals surface area contributed by atoms with Gasteiger partial charge < -0.3 is 30.1 Å². The summed E-state index contributed by atoms with van der Waals surface area (Å²) >= 11 is 0. The summed E-state index contributed by atoms with van der Waals surface area (Å²) in [6.07, 6.45) is 0.310. The van der Waals surface area contributed by atoms with Crippen LogP contribution in [0.1, 0.15) is 46.5 Å². The minimum absolute atomic E-state index is 0.0149. The molecule has 15 heteroatoms. The molecule has 5 atom stereocenters. The second-order valence-electron chi connectivity index (χ2n) is 14.7. The zero-order valence-electron chi connectivity index (χ0n) is 29.4. The molecule has 3 aliphatic rings. The Balaban J connectivity index is 1.34. The Morgan fingerprint density at radius 2 is 1.81 bits per heavy atom. The number of aromatic nitrogens is 1. The monoisotopic (exact) mass is 733 g/mol. The van der Waals surface area contributed by atoms with Crippen molar-refractivity contribution < 1.29 is 42.2 Å². The summed E-state index contributed by atoms with van der Waals surface area (Å²) in [4.78, 5) is 59.8. The Morgan fingerprint density at radius 3 is 2.40 bits per heavy atom. The number of nitrogens with zero attached hydrogens (tertiary/aromatic N) is 2. The van der Waals surface area contributed by atoms with E-state index in [9.17, 15) is 32.7 Å². The van der Waals surface area contributed by atoms with E-state index in [1.54, 1.807) is 52.1 Å². The lowest BCUT2D eigenvalue weighted by Crippen LogP contribution is -2.60. The molecule has 2 heterocycles. The van der Waals surface area contributed by atoms with Gasteiger partial charge in [0, 0.05) is 35.4 Å². The lowest BCUT2D eigenvalue weighted by Gasteiger charge is -2.35. The molecule has 2 aromatic carbocycles. The maximum Gasteiger partial charge on any atom is 0.405 e. The average molecular weight is 734 g/mol. The first-order valence-corrected chi connectivity index (χ1v) is 18.6. The molecule has 14 nitrogen and oxygen atoms in total. The third kappa shape index (κ3) is 7.40. The van der Waals surface area contributed by atoms with Crippen LogP contribution in [0.2, 0.25) is 0 Å². The van der Waals surface area contributed by atoms with E-state index in [1.165, 1.54) is 11.0 Å². The maximum atomic E-state index is 14.2. The number of methoxy groups -OCH3 is 1. The molecule has 6 rings (SSSR count). The van der Waals surface area contributed by atoms with E-state index in [2.05, 4.69) is 21.9 Å². The Labute approximate surface area is 302 Å². The van der Waals surface area contributed by atoms with Gasteiger partial charge in [-0.25, -0.2) is 18.2 Å². The number of sulfonamides is 1. The number of hydrogen-bond donors (Lipinski definition) is 4. The second kappa shape index (κ2) is 13.7. The van der Waals surface area contributed by atoms with Crippen molar-refractivity contribution in [3.8, 4) is 22.8 Å². The van der Waals surface area contributed by atoms with E-state index in [0.29, 0.717) is 40.9 Å². The standard InChI is InChI=1S/C37H43N5O9S/c1-6-22-19-37(22,34(45)41-52(48,49)25-13-14-25)40-32(43)29-17-24(20-42(29)33(44)31(36(2,3)4)39-35(46)47)51-30-18-27(21-10-8-7-9-11-21)38-28-16-23(50-5)12-15-26(28)30/h6-12,15-16,18,22,24-25,29,31,39H,1,13-14,17,19-20H2,2-5H3,(H,40,43)(H,41,45)(H,46,47). The third-order valence-electron chi connectivity index (χ3n) is 9.82. The average Bonchev–Trinajstić information content (AvgIpc) is 4.03. The molecule has 1 saturated heterocycles. The maximum absolute atomic E-state index is 14.2. The van der Waals surface area contributed by atoms with E-state index >= 15 is 0 Å². The van der Waals surface area contributed by atoms with Crippen LogP contribution in [0.15, 0.2) is 67.3 Å². The Kier molecular flexibility index (Phi) is 9.68. The van der Waals surface area contributed by atoms with Gasteiger partial charge >= 0.3 is 6.09 Å². The first-order valence-electron chi connectivity index (χ1n) is 17.1. The van der Waals surface area contributed by atoms with Crippen molar-refractivity contribution in [2.24, 2.45) is 11.3 Å². The highest BCUT2D eigenvalue weighted by Gasteiger charge is 2.62. The third-order valence-corrected chi connectivity index (χ3v) is 11.6. The molecule has 1 aromatic heterocycles. The Bertz CT molecular complexity index is 2030. The molecule has 2 aliphatic carbocycles. The van der Waals surface area contributed by atoms with Gasteiger partial charge in [-0.3, -0.25) is 19.1 Å². The molecule has 3 fully saturated rings. The van der Waals surface area contributed by atoms with E-state index in [4.69, 9.17) is 14.5 Å². The normalized spacial score (nSPS) is 23.3. The van der Waals surface area contributed by atoms with Crippen LogP contribution in [-0.2, 0) is 24.4 Å². The first kappa shape index (κ1) is 36.6. The van der Waals surface area contributed by atoms with E-state index < -0.39 is 74.1 Å². The zero-order valence-corrected chi connectivity index (χ0v) is 30.2. The van der Waals surface area contributed by atoms with Crippen LogP contribution >= 0.6 is 0 Å². The van der Waals surface area contributed by atoms with Crippen molar-refractivity contribution >= 4 is 44.7 Å². The largest absolute Gasteiger partial charge is 0.497 e. The number of carboxylic acid groups (broad SMARTS) is 1. The summed E-state index contributed by atoms with van der Waals surface area (Å²) in [6, 6.07) is 14.2. The number of ether oxygens (including phenoxy) is 2. The van der Waals surface area contributed by atoms with Crippen molar-refractivity contribution in [2.45, 2.75) is 75.4 Å². The van der Waals surface area contributed by atoms with Crippen molar-refractivity contribution in [1.29, 1.82) is 0 Å². The number of carbonyl (C=O) groups excluding carboxylic acids is 3. The molecule has 52 heavy (non-hydrogen) atoms. The highest BCUT2D eigenvalue weighted by molar-refractivity contribution is 7.91. The molecule has 0 bridgehead atoms. The molecule has 4 amide bonds. The van der Waals surface area contributed by atoms with Gasteiger partial charge in [0.05, 0.1) is 30.1 Å². The molecule has 276 valence electrons. The lowest BCUT2D eigenvalue weighted by atomic mass is 9.85. The molecule has 2 saturated carbocycles. The summed E-state index contributed by atoms with van der Waals surface area (Å²) in [5.74, 6) is -1.74. The topological polar surface area (TPSA) is 193 Å².